The van der Waals surface area contributed by atoms with Crippen molar-refractivity contribution in [3.8, 4) is 5.75 Å². The second-order valence-electron chi connectivity index (χ2n) is 7.65. The van der Waals surface area contributed by atoms with Gasteiger partial charge < -0.3 is 14.6 Å². The zero-order valence-corrected chi connectivity index (χ0v) is 19.9. The van der Waals surface area contributed by atoms with Gasteiger partial charge in [-0.2, -0.15) is 0 Å². The number of carboxylic acid groups (broad SMARTS) is 1. The first kappa shape index (κ1) is 24.3. The molecule has 4 rings (SSSR count). The maximum Gasteiger partial charge on any atom is 0.335 e. The molecular formula is C27H24N2O5S. The first-order chi connectivity index (χ1) is 17.0. The Bertz CT molecular complexity index is 1260. The summed E-state index contributed by atoms with van der Waals surface area (Å²) in [4.78, 5) is 31.0. The third-order valence-corrected chi connectivity index (χ3v) is 6.15. The zero-order valence-electron chi connectivity index (χ0n) is 19.1. The third-order valence-electron chi connectivity index (χ3n) is 5.15. The summed E-state index contributed by atoms with van der Waals surface area (Å²) in [5.41, 5.74) is 2.63. The summed E-state index contributed by atoms with van der Waals surface area (Å²) in [7, 11) is 1.60. The lowest BCUT2D eigenvalue weighted by molar-refractivity contribution is -0.122. The zero-order chi connectivity index (χ0) is 24.6. The summed E-state index contributed by atoms with van der Waals surface area (Å²) in [6.07, 6.45) is 1.83. The average Bonchev–Trinajstić information content (AvgIpc) is 3.16. The molecule has 0 spiro atoms. The maximum absolute atomic E-state index is 13.1. The van der Waals surface area contributed by atoms with Crippen molar-refractivity contribution in [3.63, 3.8) is 0 Å². The number of ether oxygens (including phenoxy) is 2. The number of benzene rings is 3. The fourth-order valence-corrected chi connectivity index (χ4v) is 4.38. The third kappa shape index (κ3) is 6.38. The van der Waals surface area contributed by atoms with Crippen LogP contribution in [0.2, 0.25) is 0 Å². The van der Waals surface area contributed by atoms with Gasteiger partial charge in [-0.25, -0.2) is 9.79 Å². The Morgan fingerprint density at radius 1 is 1.06 bits per heavy atom. The molecule has 1 amide bonds. The molecule has 178 valence electrons. The van der Waals surface area contributed by atoms with E-state index in [0.717, 1.165) is 16.8 Å². The number of hydrogen-bond donors (Lipinski definition) is 1. The largest absolute Gasteiger partial charge is 0.489 e. The van der Waals surface area contributed by atoms with Gasteiger partial charge in [-0.1, -0.05) is 42.5 Å². The first-order valence-electron chi connectivity index (χ1n) is 10.9. The van der Waals surface area contributed by atoms with E-state index in [1.165, 1.54) is 11.8 Å². The van der Waals surface area contributed by atoms with Crippen molar-refractivity contribution in [2.75, 3.05) is 20.3 Å². The van der Waals surface area contributed by atoms with Crippen molar-refractivity contribution in [2.45, 2.75) is 6.61 Å². The molecule has 1 aliphatic heterocycles. The lowest BCUT2D eigenvalue weighted by Gasteiger charge is -2.14. The normalized spacial score (nSPS) is 15.7. The van der Waals surface area contributed by atoms with Crippen molar-refractivity contribution in [3.05, 3.63) is 100 Å². The van der Waals surface area contributed by atoms with Crippen LogP contribution in [0.25, 0.3) is 6.08 Å². The van der Waals surface area contributed by atoms with Gasteiger partial charge in [0.1, 0.15) is 12.4 Å². The number of carbonyl (C=O) groups excluding carboxylic acids is 1. The molecule has 0 aromatic heterocycles. The summed E-state index contributed by atoms with van der Waals surface area (Å²) in [5.74, 6) is -0.437. The highest BCUT2D eigenvalue weighted by atomic mass is 32.2. The van der Waals surface area contributed by atoms with Gasteiger partial charge in [0.05, 0.1) is 29.3 Å². The van der Waals surface area contributed by atoms with Gasteiger partial charge in [-0.15, -0.1) is 0 Å². The van der Waals surface area contributed by atoms with Crippen LogP contribution in [0, 0.1) is 0 Å². The van der Waals surface area contributed by atoms with Crippen LogP contribution in [0.5, 0.6) is 5.75 Å². The van der Waals surface area contributed by atoms with Crippen LogP contribution in [-0.2, 0) is 16.1 Å². The first-order valence-corrected chi connectivity index (χ1v) is 11.7. The number of carbonyl (C=O) groups is 2. The van der Waals surface area contributed by atoms with Gasteiger partial charge in [0, 0.05) is 7.11 Å². The number of nitrogens with zero attached hydrogens (tertiary/aromatic N) is 2. The van der Waals surface area contributed by atoms with Crippen LogP contribution in [0.1, 0.15) is 21.5 Å². The number of aromatic carboxylic acids is 1. The number of aliphatic imine (C=N–C) groups is 1. The summed E-state index contributed by atoms with van der Waals surface area (Å²) in [6.45, 7) is 1.08. The van der Waals surface area contributed by atoms with Crippen molar-refractivity contribution in [2.24, 2.45) is 4.99 Å². The number of hydrogen-bond acceptors (Lipinski definition) is 6. The molecule has 0 saturated carbocycles. The Hall–Kier alpha value is -3.88. The predicted molar refractivity (Wildman–Crippen MR) is 137 cm³/mol. The lowest BCUT2D eigenvalue weighted by atomic mass is 10.1. The van der Waals surface area contributed by atoms with E-state index in [-0.39, 0.29) is 18.1 Å². The maximum atomic E-state index is 13.1. The molecule has 3 aromatic rings. The number of thioether (sulfide) groups is 1. The Morgan fingerprint density at radius 2 is 1.83 bits per heavy atom. The van der Waals surface area contributed by atoms with Crippen molar-refractivity contribution in [1.29, 1.82) is 0 Å². The van der Waals surface area contributed by atoms with E-state index >= 15 is 0 Å². The highest BCUT2D eigenvalue weighted by Gasteiger charge is 2.33. The van der Waals surface area contributed by atoms with Gasteiger partial charge in [-0.3, -0.25) is 9.69 Å². The number of rotatable bonds is 9. The van der Waals surface area contributed by atoms with Crippen LogP contribution >= 0.6 is 11.8 Å². The standard InChI is InChI=1S/C27H24N2O5S/c1-33-15-14-29-25(30)24(35-27(29)28-22-8-3-2-4-9-22)17-19-10-12-23(13-11-19)34-18-20-6-5-7-21(16-20)26(31)32/h2-13,16-17H,14-15,18H2,1H3,(H,31,32)/b24-17-,28-27?. The lowest BCUT2D eigenvalue weighted by Crippen LogP contribution is -2.32. The minimum atomic E-state index is -0.971. The highest BCUT2D eigenvalue weighted by molar-refractivity contribution is 8.18. The molecule has 35 heavy (non-hydrogen) atoms. The summed E-state index contributed by atoms with van der Waals surface area (Å²) >= 11 is 1.34. The fraction of sp³-hybridized carbons (Fsp3) is 0.148. The van der Waals surface area contributed by atoms with E-state index < -0.39 is 5.97 Å². The van der Waals surface area contributed by atoms with E-state index in [0.29, 0.717) is 29.0 Å². The monoisotopic (exact) mass is 488 g/mol. The summed E-state index contributed by atoms with van der Waals surface area (Å²) in [6, 6.07) is 23.5. The van der Waals surface area contributed by atoms with Crippen LogP contribution in [0.15, 0.2) is 88.8 Å². The number of amides is 1. The molecule has 1 aliphatic rings. The van der Waals surface area contributed by atoms with Gasteiger partial charge >= 0.3 is 5.97 Å². The van der Waals surface area contributed by atoms with Crippen LogP contribution in [0.4, 0.5) is 5.69 Å². The number of amidine groups is 1. The van der Waals surface area contributed by atoms with Crippen molar-refractivity contribution >= 4 is 40.6 Å². The molecule has 7 nitrogen and oxygen atoms in total. The second-order valence-corrected chi connectivity index (χ2v) is 8.66. The topological polar surface area (TPSA) is 88.4 Å². The molecule has 0 radical (unpaired) electrons. The fourth-order valence-electron chi connectivity index (χ4n) is 3.36. The average molecular weight is 489 g/mol. The van der Waals surface area contributed by atoms with Gasteiger partial charge in [0.25, 0.3) is 5.91 Å². The van der Waals surface area contributed by atoms with Gasteiger partial charge in [0.2, 0.25) is 0 Å². The molecule has 1 fully saturated rings. The second kappa shape index (κ2) is 11.5. The van der Waals surface area contributed by atoms with Crippen LogP contribution < -0.4 is 4.74 Å². The molecule has 0 atom stereocenters. The summed E-state index contributed by atoms with van der Waals surface area (Å²) < 4.78 is 11.0. The van der Waals surface area contributed by atoms with E-state index in [1.807, 2.05) is 66.7 Å². The molecule has 1 N–H and O–H groups in total. The number of para-hydroxylation sites is 1. The van der Waals surface area contributed by atoms with Gasteiger partial charge in [-0.05, 0) is 65.4 Å². The molecule has 0 unspecified atom stereocenters. The molecule has 1 heterocycles. The number of carboxylic acids is 1. The molecule has 3 aromatic carbocycles. The van der Waals surface area contributed by atoms with Gasteiger partial charge in [0.15, 0.2) is 5.17 Å². The van der Waals surface area contributed by atoms with Crippen LogP contribution in [-0.4, -0.2) is 47.3 Å². The van der Waals surface area contributed by atoms with E-state index in [1.54, 1.807) is 30.2 Å². The molecule has 0 bridgehead atoms. The molecule has 0 aliphatic carbocycles. The molecule has 8 heteroatoms. The number of methoxy groups -OCH3 is 1. The summed E-state index contributed by atoms with van der Waals surface area (Å²) in [5, 5.41) is 9.74. The Kier molecular flexibility index (Phi) is 7.97. The Morgan fingerprint density at radius 3 is 2.54 bits per heavy atom. The Balaban J connectivity index is 1.46. The van der Waals surface area contributed by atoms with Crippen molar-refractivity contribution in [1.82, 2.24) is 4.90 Å². The smallest absolute Gasteiger partial charge is 0.335 e. The highest BCUT2D eigenvalue weighted by Crippen LogP contribution is 2.34. The van der Waals surface area contributed by atoms with E-state index in [9.17, 15) is 9.59 Å². The minimum absolute atomic E-state index is 0.111. The van der Waals surface area contributed by atoms with E-state index in [2.05, 4.69) is 4.99 Å². The molecule has 1 saturated heterocycles. The predicted octanol–water partition coefficient (Wildman–Crippen LogP) is 5.21. The Labute approximate surface area is 207 Å². The minimum Gasteiger partial charge on any atom is -0.489 e. The SMILES string of the molecule is COCCN1C(=O)/C(=C/c2ccc(OCc3cccc(C(=O)O)c3)cc2)SC1=Nc1ccccc1. The van der Waals surface area contributed by atoms with Crippen LogP contribution in [0.3, 0.4) is 0 Å². The van der Waals surface area contributed by atoms with E-state index in [4.69, 9.17) is 14.6 Å². The molecular weight excluding hydrogens is 464 g/mol. The van der Waals surface area contributed by atoms with Crippen molar-refractivity contribution < 1.29 is 24.2 Å². The quantitative estimate of drug-likeness (QED) is 0.416.